The number of aryl methyl sites for hydroxylation is 1. The Bertz CT molecular complexity index is 1180. The molecule has 6 heteroatoms. The van der Waals surface area contributed by atoms with Crippen molar-refractivity contribution in [1.29, 1.82) is 0 Å². The van der Waals surface area contributed by atoms with Crippen molar-refractivity contribution in [3.05, 3.63) is 46.3 Å². The van der Waals surface area contributed by atoms with Gasteiger partial charge in [0.05, 0.1) is 11.0 Å². The van der Waals surface area contributed by atoms with Gasteiger partial charge in [0, 0.05) is 25.4 Å². The Labute approximate surface area is 144 Å². The first-order valence-corrected chi connectivity index (χ1v) is 8.45. The van der Waals surface area contributed by atoms with Gasteiger partial charge in [-0.25, -0.2) is 4.98 Å². The Kier molecular flexibility index (Phi) is 3.42. The number of hydrogen-bond acceptors (Lipinski definition) is 3. The van der Waals surface area contributed by atoms with Crippen LogP contribution in [0.4, 0.5) is 5.82 Å². The summed E-state index contributed by atoms with van der Waals surface area (Å²) in [6, 6.07) is 3.42. The number of fused-ring (bicyclic) bond motifs is 5. The smallest absolute Gasteiger partial charge is 0.206 e. The summed E-state index contributed by atoms with van der Waals surface area (Å²) in [5.74, 6) is 0.997. The first-order valence-electron chi connectivity index (χ1n) is 8.45. The fraction of sp³-hybridized carbons (Fsp3) is 0.263. The van der Waals surface area contributed by atoms with E-state index in [1.807, 2.05) is 23.6 Å². The van der Waals surface area contributed by atoms with Crippen LogP contribution in [0, 0.1) is 6.92 Å². The first-order chi connectivity index (χ1) is 12.1. The molecule has 0 saturated heterocycles. The van der Waals surface area contributed by atoms with Gasteiger partial charge in [0.15, 0.2) is 0 Å². The lowest BCUT2D eigenvalue weighted by Crippen LogP contribution is -2.19. The van der Waals surface area contributed by atoms with E-state index < -0.39 is 0 Å². The van der Waals surface area contributed by atoms with Crippen LogP contribution in [-0.4, -0.2) is 32.9 Å². The number of imidazole rings is 1. The second kappa shape index (κ2) is 5.51. The van der Waals surface area contributed by atoms with Crippen LogP contribution in [0.1, 0.15) is 24.5 Å². The highest BCUT2D eigenvalue weighted by molar-refractivity contribution is 5.99. The molecule has 0 unspecified atom stereocenters. The monoisotopic (exact) mass is 335 g/mol. The summed E-state index contributed by atoms with van der Waals surface area (Å²) in [4.78, 5) is 25.9. The fourth-order valence-corrected chi connectivity index (χ4v) is 3.48. The Morgan fingerprint density at radius 3 is 2.92 bits per heavy atom. The first kappa shape index (κ1) is 15.5. The summed E-state index contributed by atoms with van der Waals surface area (Å²) < 4.78 is 2.01. The quantitative estimate of drug-likeness (QED) is 0.600. The number of anilines is 1. The summed E-state index contributed by atoms with van der Waals surface area (Å²) in [7, 11) is 2.06. The van der Waals surface area contributed by atoms with Crippen LogP contribution in [0.5, 0.6) is 0 Å². The van der Waals surface area contributed by atoms with Crippen molar-refractivity contribution < 1.29 is 0 Å². The minimum absolute atomic E-state index is 0.0595. The molecule has 3 aromatic heterocycles. The van der Waals surface area contributed by atoms with E-state index in [4.69, 9.17) is 0 Å². The maximum absolute atomic E-state index is 12.2. The lowest BCUT2D eigenvalue weighted by atomic mass is 10.2. The van der Waals surface area contributed by atoms with Gasteiger partial charge in [-0.2, -0.15) is 0 Å². The van der Waals surface area contributed by atoms with Crippen molar-refractivity contribution in [3.63, 3.8) is 0 Å². The number of nitrogens with one attached hydrogen (secondary N) is 2. The second-order valence-corrected chi connectivity index (χ2v) is 6.41. The molecule has 0 aliphatic carbocycles. The van der Waals surface area contributed by atoms with Crippen LogP contribution < -0.4 is 10.3 Å². The maximum Gasteiger partial charge on any atom is 0.206 e. The third-order valence-corrected chi connectivity index (χ3v) is 4.71. The minimum Gasteiger partial charge on any atom is -0.360 e. The molecule has 0 spiro atoms. The molecule has 4 aromatic rings. The number of aromatic amines is 2. The van der Waals surface area contributed by atoms with Gasteiger partial charge in [0.25, 0.3) is 0 Å². The van der Waals surface area contributed by atoms with Crippen LogP contribution in [-0.2, 0) is 0 Å². The van der Waals surface area contributed by atoms with E-state index in [1.165, 1.54) is 0 Å². The molecule has 4 rings (SSSR count). The van der Waals surface area contributed by atoms with Crippen molar-refractivity contribution in [3.8, 4) is 0 Å². The number of nitrogens with zero attached hydrogens (tertiary/aromatic N) is 3. The van der Waals surface area contributed by atoms with E-state index in [0.717, 1.165) is 52.2 Å². The molecule has 0 amide bonds. The van der Waals surface area contributed by atoms with Gasteiger partial charge < -0.3 is 14.9 Å². The summed E-state index contributed by atoms with van der Waals surface area (Å²) in [5, 5.41) is 0. The average molecular weight is 335 g/mol. The maximum atomic E-state index is 12.2. The number of benzene rings is 1. The van der Waals surface area contributed by atoms with Crippen molar-refractivity contribution in [2.45, 2.75) is 20.3 Å². The zero-order chi connectivity index (χ0) is 17.7. The number of hydrogen-bond donors (Lipinski definition) is 2. The molecule has 0 atom stereocenters. The van der Waals surface area contributed by atoms with Gasteiger partial charge in [0.1, 0.15) is 22.6 Å². The highest BCUT2D eigenvalue weighted by atomic mass is 16.1. The lowest BCUT2D eigenvalue weighted by molar-refractivity contribution is 0.837. The van der Waals surface area contributed by atoms with Crippen LogP contribution in [0.15, 0.2) is 29.7 Å². The zero-order valence-corrected chi connectivity index (χ0v) is 14.7. The minimum atomic E-state index is -0.0595. The number of H-pyrrole nitrogens is 2. The largest absolute Gasteiger partial charge is 0.360 e. The molecular weight excluding hydrogens is 314 g/mol. The lowest BCUT2D eigenvalue weighted by Gasteiger charge is -2.18. The molecule has 2 N–H and O–H groups in total. The topological polar surface area (TPSA) is 69.2 Å². The van der Waals surface area contributed by atoms with E-state index in [2.05, 4.69) is 40.4 Å². The molecule has 0 aliphatic heterocycles. The predicted octanol–water partition coefficient (Wildman–Crippen LogP) is 3.45. The van der Waals surface area contributed by atoms with Crippen LogP contribution in [0.2, 0.25) is 0 Å². The average Bonchev–Trinajstić information content (AvgIpc) is 3.13. The van der Waals surface area contributed by atoms with Crippen LogP contribution in [0.3, 0.4) is 0 Å². The van der Waals surface area contributed by atoms with Gasteiger partial charge in [0.2, 0.25) is 5.43 Å². The van der Waals surface area contributed by atoms with Gasteiger partial charge in [-0.05, 0) is 25.0 Å². The normalized spacial score (nSPS) is 11.6. The number of aromatic nitrogens is 4. The second-order valence-electron chi connectivity index (χ2n) is 6.41. The molecule has 0 aliphatic rings. The molecule has 6 nitrogen and oxygen atoms in total. The third-order valence-electron chi connectivity index (χ3n) is 4.71. The Hall–Kier alpha value is -3.02. The molecule has 0 fully saturated rings. The van der Waals surface area contributed by atoms with E-state index in [1.54, 1.807) is 12.1 Å². The highest BCUT2D eigenvalue weighted by Crippen LogP contribution is 2.30. The standard InChI is InChI=1S/C19H21N5O/c1-5-9-23(4)14-10-20-19-15(21-14)12(6-2)18-22-16-13(25)8-7-11(3)17(16)24(18)19/h6-8,10,20-21H,2,5,9H2,1,3-4H3. The summed E-state index contributed by atoms with van der Waals surface area (Å²) in [6.45, 7) is 9.06. The van der Waals surface area contributed by atoms with Crippen LogP contribution in [0.25, 0.3) is 33.9 Å². The summed E-state index contributed by atoms with van der Waals surface area (Å²) in [5.41, 5.74) is 5.77. The van der Waals surface area contributed by atoms with Gasteiger partial charge in [-0.3, -0.25) is 9.20 Å². The van der Waals surface area contributed by atoms with Crippen LogP contribution >= 0.6 is 0 Å². The van der Waals surface area contributed by atoms with E-state index in [-0.39, 0.29) is 5.43 Å². The molecule has 0 bridgehead atoms. The van der Waals surface area contributed by atoms with E-state index >= 15 is 0 Å². The van der Waals surface area contributed by atoms with E-state index in [0.29, 0.717) is 5.52 Å². The van der Waals surface area contributed by atoms with E-state index in [9.17, 15) is 4.79 Å². The summed E-state index contributed by atoms with van der Waals surface area (Å²) in [6.07, 6.45) is 4.81. The van der Waals surface area contributed by atoms with Gasteiger partial charge in [-0.15, -0.1) is 0 Å². The van der Waals surface area contributed by atoms with Crippen molar-refractivity contribution in [1.82, 2.24) is 19.4 Å². The molecular formula is C19H21N5O. The Morgan fingerprint density at radius 2 is 2.20 bits per heavy atom. The SMILES string of the molecule is C=Cc1c2[nH]c(N(C)CCC)c[nH]c2n2c1nc1c(=O)ccc(C)c12. The molecule has 128 valence electrons. The van der Waals surface area contributed by atoms with Crippen molar-refractivity contribution in [2.24, 2.45) is 0 Å². The van der Waals surface area contributed by atoms with Gasteiger partial charge >= 0.3 is 0 Å². The highest BCUT2D eigenvalue weighted by Gasteiger charge is 2.19. The fourth-order valence-electron chi connectivity index (χ4n) is 3.48. The molecule has 1 aromatic carbocycles. The van der Waals surface area contributed by atoms with Crippen molar-refractivity contribution in [2.75, 3.05) is 18.5 Å². The van der Waals surface area contributed by atoms with Gasteiger partial charge in [-0.1, -0.05) is 25.6 Å². The predicted molar refractivity (Wildman–Crippen MR) is 104 cm³/mol. The van der Waals surface area contributed by atoms with Crippen molar-refractivity contribution >= 4 is 39.7 Å². The third kappa shape index (κ3) is 2.10. The molecule has 0 saturated carbocycles. The molecule has 25 heavy (non-hydrogen) atoms. The number of rotatable bonds is 4. The summed E-state index contributed by atoms with van der Waals surface area (Å²) >= 11 is 0. The molecule has 0 radical (unpaired) electrons. The zero-order valence-electron chi connectivity index (χ0n) is 14.7. The Morgan fingerprint density at radius 1 is 1.40 bits per heavy atom. The Balaban J connectivity index is 2.13. The molecule has 3 heterocycles.